The van der Waals surface area contributed by atoms with Crippen molar-refractivity contribution < 1.29 is 14.1 Å². The van der Waals surface area contributed by atoms with Crippen LogP contribution in [-0.2, 0) is 11.3 Å². The van der Waals surface area contributed by atoms with E-state index >= 15 is 0 Å². The van der Waals surface area contributed by atoms with Gasteiger partial charge in [-0.3, -0.25) is 5.32 Å². The van der Waals surface area contributed by atoms with Gasteiger partial charge in [0.25, 0.3) is 0 Å². The van der Waals surface area contributed by atoms with Gasteiger partial charge in [-0.15, -0.1) is 0 Å². The Hall–Kier alpha value is -2.61. The summed E-state index contributed by atoms with van der Waals surface area (Å²) in [5.74, 6) is 1.95. The van der Waals surface area contributed by atoms with Gasteiger partial charge in [0.1, 0.15) is 11.6 Å². The van der Waals surface area contributed by atoms with Gasteiger partial charge >= 0.3 is 6.03 Å². The van der Waals surface area contributed by atoms with Crippen LogP contribution in [-0.4, -0.2) is 41.5 Å². The standard InChI is InChI=1S/C17H23N5O3/c1-11-6-15(21-25-11)20-17(23)19-8-14-4-5-16(18-7-14)22-9-12(2)24-13(3)10-22/h4-7,12-13H,8-10H2,1-3H3,(H2,19,20,21,23)/t12-,13-/m0/s1. The molecule has 134 valence electrons. The summed E-state index contributed by atoms with van der Waals surface area (Å²) in [5, 5.41) is 9.08. The van der Waals surface area contributed by atoms with Crippen LogP contribution in [0.25, 0.3) is 0 Å². The van der Waals surface area contributed by atoms with E-state index in [1.54, 1.807) is 19.2 Å². The van der Waals surface area contributed by atoms with Gasteiger partial charge < -0.3 is 19.5 Å². The number of carbonyl (C=O) groups excluding carboxylic acids is 1. The molecular formula is C17H23N5O3. The number of anilines is 2. The number of pyridine rings is 1. The van der Waals surface area contributed by atoms with E-state index in [1.165, 1.54) is 0 Å². The molecule has 8 heteroatoms. The maximum Gasteiger partial charge on any atom is 0.320 e. The smallest absolute Gasteiger partial charge is 0.320 e. The molecule has 8 nitrogen and oxygen atoms in total. The third-order valence-corrected chi connectivity index (χ3v) is 3.88. The molecule has 2 N–H and O–H groups in total. The maximum absolute atomic E-state index is 11.8. The molecule has 3 heterocycles. The Morgan fingerprint density at radius 2 is 2.08 bits per heavy atom. The predicted octanol–water partition coefficient (Wildman–Crippen LogP) is 2.31. The van der Waals surface area contributed by atoms with Crippen molar-refractivity contribution in [1.29, 1.82) is 0 Å². The molecule has 0 radical (unpaired) electrons. The molecule has 1 fully saturated rings. The normalized spacial score (nSPS) is 20.4. The number of morpholine rings is 1. The molecular weight excluding hydrogens is 322 g/mol. The lowest BCUT2D eigenvalue weighted by Crippen LogP contribution is -2.45. The van der Waals surface area contributed by atoms with Gasteiger partial charge in [-0.25, -0.2) is 9.78 Å². The first kappa shape index (κ1) is 17.2. The zero-order valence-corrected chi connectivity index (χ0v) is 14.7. The van der Waals surface area contributed by atoms with Crippen LogP contribution in [0.15, 0.2) is 28.9 Å². The van der Waals surface area contributed by atoms with E-state index in [0.717, 1.165) is 24.5 Å². The summed E-state index contributed by atoms with van der Waals surface area (Å²) in [6, 6.07) is 5.25. The highest BCUT2D eigenvalue weighted by Crippen LogP contribution is 2.18. The summed E-state index contributed by atoms with van der Waals surface area (Å²) in [7, 11) is 0. The summed E-state index contributed by atoms with van der Waals surface area (Å²) < 4.78 is 10.6. The van der Waals surface area contributed by atoms with Gasteiger partial charge in [-0.05, 0) is 32.4 Å². The number of nitrogens with one attached hydrogen (secondary N) is 2. The van der Waals surface area contributed by atoms with Crippen LogP contribution in [0, 0.1) is 6.92 Å². The van der Waals surface area contributed by atoms with Gasteiger partial charge in [0.2, 0.25) is 0 Å². The molecule has 2 aromatic rings. The zero-order valence-electron chi connectivity index (χ0n) is 14.7. The van der Waals surface area contributed by atoms with Crippen molar-refractivity contribution in [1.82, 2.24) is 15.5 Å². The van der Waals surface area contributed by atoms with Crippen LogP contribution < -0.4 is 15.5 Å². The SMILES string of the molecule is Cc1cc(NC(=O)NCc2ccc(N3C[C@H](C)O[C@@H](C)C3)nc2)no1. The molecule has 25 heavy (non-hydrogen) atoms. The quantitative estimate of drug-likeness (QED) is 0.883. The largest absolute Gasteiger partial charge is 0.372 e. The molecule has 0 unspecified atom stereocenters. The minimum Gasteiger partial charge on any atom is -0.372 e. The number of rotatable bonds is 4. The molecule has 1 saturated heterocycles. The summed E-state index contributed by atoms with van der Waals surface area (Å²) in [6.07, 6.45) is 2.16. The summed E-state index contributed by atoms with van der Waals surface area (Å²) in [5.41, 5.74) is 0.921. The predicted molar refractivity (Wildman–Crippen MR) is 93.6 cm³/mol. The van der Waals surface area contributed by atoms with Gasteiger partial charge in [0.05, 0.1) is 12.2 Å². The first-order chi connectivity index (χ1) is 12.0. The first-order valence-corrected chi connectivity index (χ1v) is 8.33. The van der Waals surface area contributed by atoms with E-state index in [4.69, 9.17) is 9.26 Å². The van der Waals surface area contributed by atoms with E-state index in [9.17, 15) is 4.79 Å². The first-order valence-electron chi connectivity index (χ1n) is 8.33. The second kappa shape index (κ2) is 7.52. The van der Waals surface area contributed by atoms with Crippen LogP contribution in [0.1, 0.15) is 25.2 Å². The number of nitrogens with zero attached hydrogens (tertiary/aromatic N) is 3. The fraction of sp³-hybridized carbons (Fsp3) is 0.471. The summed E-state index contributed by atoms with van der Waals surface area (Å²) >= 11 is 0. The van der Waals surface area contributed by atoms with E-state index in [1.807, 2.05) is 12.1 Å². The molecule has 0 aliphatic carbocycles. The molecule has 1 aliphatic rings. The second-order valence-corrected chi connectivity index (χ2v) is 6.32. The van der Waals surface area contributed by atoms with E-state index in [2.05, 4.69) is 39.5 Å². The van der Waals surface area contributed by atoms with Crippen molar-refractivity contribution in [2.45, 2.75) is 39.5 Å². The number of hydrogen-bond donors (Lipinski definition) is 2. The molecule has 0 saturated carbocycles. The molecule has 0 aromatic carbocycles. The Labute approximate surface area is 146 Å². The topological polar surface area (TPSA) is 92.5 Å². The van der Waals surface area contributed by atoms with Gasteiger partial charge in [0.15, 0.2) is 5.82 Å². The minimum absolute atomic E-state index is 0.191. The summed E-state index contributed by atoms with van der Waals surface area (Å²) in [4.78, 5) is 18.6. The number of urea groups is 1. The van der Waals surface area contributed by atoms with E-state index < -0.39 is 0 Å². The van der Waals surface area contributed by atoms with Crippen LogP contribution >= 0.6 is 0 Å². The molecule has 0 bridgehead atoms. The fourth-order valence-corrected chi connectivity index (χ4v) is 2.84. The van der Waals surface area contributed by atoms with Crippen LogP contribution in [0.4, 0.5) is 16.4 Å². The molecule has 3 rings (SSSR count). The Balaban J connectivity index is 1.51. The monoisotopic (exact) mass is 345 g/mol. The maximum atomic E-state index is 11.8. The highest BCUT2D eigenvalue weighted by Gasteiger charge is 2.22. The van der Waals surface area contributed by atoms with Crippen molar-refractivity contribution in [2.24, 2.45) is 0 Å². The highest BCUT2D eigenvalue weighted by molar-refractivity contribution is 5.88. The number of amides is 2. The van der Waals surface area contributed by atoms with Crippen molar-refractivity contribution in [2.75, 3.05) is 23.3 Å². The Kier molecular flexibility index (Phi) is 5.18. The second-order valence-electron chi connectivity index (χ2n) is 6.32. The lowest BCUT2D eigenvalue weighted by molar-refractivity contribution is -0.00546. The fourth-order valence-electron chi connectivity index (χ4n) is 2.84. The van der Waals surface area contributed by atoms with Gasteiger partial charge in [-0.1, -0.05) is 11.2 Å². The van der Waals surface area contributed by atoms with E-state index in [0.29, 0.717) is 18.1 Å². The molecule has 0 spiro atoms. The molecule has 2 aromatic heterocycles. The van der Waals surface area contributed by atoms with Crippen molar-refractivity contribution >= 4 is 17.7 Å². The van der Waals surface area contributed by atoms with Gasteiger partial charge in [0, 0.05) is 31.9 Å². The lowest BCUT2D eigenvalue weighted by Gasteiger charge is -2.36. The Morgan fingerprint density at radius 1 is 1.32 bits per heavy atom. The molecule has 2 amide bonds. The number of aryl methyl sites for hydroxylation is 1. The van der Waals surface area contributed by atoms with Gasteiger partial charge in [-0.2, -0.15) is 0 Å². The van der Waals surface area contributed by atoms with Crippen molar-refractivity contribution in [3.8, 4) is 0 Å². The molecule has 2 atom stereocenters. The average molecular weight is 345 g/mol. The van der Waals surface area contributed by atoms with Crippen LogP contribution in [0.2, 0.25) is 0 Å². The van der Waals surface area contributed by atoms with E-state index in [-0.39, 0.29) is 18.2 Å². The highest BCUT2D eigenvalue weighted by atomic mass is 16.5. The average Bonchev–Trinajstić information content (AvgIpc) is 2.97. The number of ether oxygens (including phenoxy) is 1. The van der Waals surface area contributed by atoms with Crippen LogP contribution in [0.5, 0.6) is 0 Å². The Morgan fingerprint density at radius 3 is 2.68 bits per heavy atom. The number of aromatic nitrogens is 2. The summed E-state index contributed by atoms with van der Waals surface area (Å²) in [6.45, 7) is 7.93. The number of hydrogen-bond acceptors (Lipinski definition) is 6. The third kappa shape index (κ3) is 4.69. The third-order valence-electron chi connectivity index (χ3n) is 3.88. The van der Waals surface area contributed by atoms with Crippen molar-refractivity contribution in [3.63, 3.8) is 0 Å². The number of carbonyl (C=O) groups is 1. The minimum atomic E-state index is -0.340. The zero-order chi connectivity index (χ0) is 17.8. The van der Waals surface area contributed by atoms with Crippen molar-refractivity contribution in [3.05, 3.63) is 35.7 Å². The van der Waals surface area contributed by atoms with Crippen LogP contribution in [0.3, 0.4) is 0 Å². The molecule has 1 aliphatic heterocycles. The Bertz CT molecular complexity index is 705. The lowest BCUT2D eigenvalue weighted by atomic mass is 10.2.